The lowest BCUT2D eigenvalue weighted by Crippen LogP contribution is -2.38. The van der Waals surface area contributed by atoms with Crippen molar-refractivity contribution in [2.75, 3.05) is 37.5 Å². The molecular formula is C25H28N4O3. The predicted molar refractivity (Wildman–Crippen MR) is 125 cm³/mol. The van der Waals surface area contributed by atoms with E-state index in [1.54, 1.807) is 32.4 Å². The van der Waals surface area contributed by atoms with Crippen LogP contribution in [0.25, 0.3) is 11.3 Å². The van der Waals surface area contributed by atoms with Gasteiger partial charge < -0.3 is 19.7 Å². The van der Waals surface area contributed by atoms with Crippen LogP contribution < -0.4 is 19.7 Å². The molecule has 1 aromatic heterocycles. The fourth-order valence-electron chi connectivity index (χ4n) is 4.02. The van der Waals surface area contributed by atoms with Gasteiger partial charge in [-0.2, -0.15) is 0 Å². The molecule has 4 rings (SSSR count). The summed E-state index contributed by atoms with van der Waals surface area (Å²) in [6.45, 7) is 3.58. The fourth-order valence-corrected chi connectivity index (χ4v) is 4.02. The van der Waals surface area contributed by atoms with E-state index in [9.17, 15) is 4.79 Å². The third-order valence-corrected chi connectivity index (χ3v) is 5.93. The number of carbonyl (C=O) groups is 1. The summed E-state index contributed by atoms with van der Waals surface area (Å²) in [6, 6.07) is 17.5. The Balaban J connectivity index is 1.37. The normalized spacial score (nSPS) is 14.2. The van der Waals surface area contributed by atoms with Gasteiger partial charge in [0, 0.05) is 30.6 Å². The average molecular weight is 433 g/mol. The number of hydrogen-bond donors (Lipinski definition) is 1. The Morgan fingerprint density at radius 2 is 1.78 bits per heavy atom. The molecule has 1 aliphatic rings. The molecular weight excluding hydrogens is 404 g/mol. The molecule has 1 amide bonds. The van der Waals surface area contributed by atoms with Gasteiger partial charge in [-0.25, -0.2) is 0 Å². The van der Waals surface area contributed by atoms with Gasteiger partial charge in [0.25, 0.3) is 0 Å². The molecule has 0 radical (unpaired) electrons. The zero-order valence-corrected chi connectivity index (χ0v) is 18.7. The number of ether oxygens (including phenoxy) is 2. The Labute approximate surface area is 188 Å². The second-order valence-corrected chi connectivity index (χ2v) is 7.91. The maximum absolute atomic E-state index is 12.9. The quantitative estimate of drug-likeness (QED) is 0.625. The van der Waals surface area contributed by atoms with E-state index in [-0.39, 0.29) is 11.8 Å². The molecule has 166 valence electrons. The van der Waals surface area contributed by atoms with Gasteiger partial charge >= 0.3 is 0 Å². The molecule has 0 atom stereocenters. The average Bonchev–Trinajstić information content (AvgIpc) is 2.84. The molecule has 7 nitrogen and oxygen atoms in total. The van der Waals surface area contributed by atoms with Crippen molar-refractivity contribution in [3.05, 3.63) is 60.2 Å². The highest BCUT2D eigenvalue weighted by atomic mass is 16.5. The lowest BCUT2D eigenvalue weighted by atomic mass is 9.95. The van der Waals surface area contributed by atoms with Crippen LogP contribution in [0.1, 0.15) is 18.4 Å². The lowest BCUT2D eigenvalue weighted by Gasteiger charge is -2.32. The molecule has 1 fully saturated rings. The van der Waals surface area contributed by atoms with Gasteiger partial charge in [-0.3, -0.25) is 4.79 Å². The van der Waals surface area contributed by atoms with Crippen molar-refractivity contribution in [3.8, 4) is 22.8 Å². The predicted octanol–water partition coefficient (Wildman–Crippen LogP) is 4.32. The first kappa shape index (κ1) is 21.6. The number of carbonyl (C=O) groups excluding carboxylic acids is 1. The zero-order chi connectivity index (χ0) is 22.5. The Kier molecular flexibility index (Phi) is 6.54. The molecule has 1 saturated heterocycles. The maximum atomic E-state index is 12.9. The Morgan fingerprint density at radius 3 is 2.44 bits per heavy atom. The number of benzene rings is 2. The highest BCUT2D eigenvalue weighted by Crippen LogP contribution is 2.31. The van der Waals surface area contributed by atoms with E-state index >= 15 is 0 Å². The zero-order valence-electron chi connectivity index (χ0n) is 18.7. The third kappa shape index (κ3) is 4.66. The number of hydrogen-bond acceptors (Lipinski definition) is 6. The van der Waals surface area contributed by atoms with Gasteiger partial charge in [-0.1, -0.05) is 24.3 Å². The summed E-state index contributed by atoms with van der Waals surface area (Å²) >= 11 is 0. The van der Waals surface area contributed by atoms with Crippen molar-refractivity contribution in [1.29, 1.82) is 0 Å². The molecule has 0 spiro atoms. The molecule has 2 aromatic carbocycles. The molecule has 0 aliphatic carbocycles. The highest BCUT2D eigenvalue weighted by molar-refractivity contribution is 5.94. The smallest absolute Gasteiger partial charge is 0.227 e. The van der Waals surface area contributed by atoms with Gasteiger partial charge in [-0.05, 0) is 49.6 Å². The molecule has 0 unspecified atom stereocenters. The van der Waals surface area contributed by atoms with Crippen LogP contribution in [-0.2, 0) is 4.79 Å². The number of piperidine rings is 1. The summed E-state index contributed by atoms with van der Waals surface area (Å²) in [5, 5.41) is 11.9. The van der Waals surface area contributed by atoms with Gasteiger partial charge in [0.1, 0.15) is 11.5 Å². The molecule has 32 heavy (non-hydrogen) atoms. The van der Waals surface area contributed by atoms with E-state index in [0.29, 0.717) is 17.2 Å². The number of methoxy groups -OCH3 is 2. The molecule has 1 N–H and O–H groups in total. The number of nitrogens with one attached hydrogen (secondary N) is 1. The number of anilines is 2. The van der Waals surface area contributed by atoms with E-state index in [1.165, 1.54) is 5.56 Å². The van der Waals surface area contributed by atoms with Crippen LogP contribution in [0, 0.1) is 12.8 Å². The van der Waals surface area contributed by atoms with E-state index in [1.807, 2.05) is 24.3 Å². The lowest BCUT2D eigenvalue weighted by molar-refractivity contribution is -0.120. The molecule has 2 heterocycles. The summed E-state index contributed by atoms with van der Waals surface area (Å²) in [4.78, 5) is 15.0. The number of nitrogens with zero attached hydrogens (tertiary/aromatic N) is 3. The van der Waals surface area contributed by atoms with Crippen molar-refractivity contribution in [1.82, 2.24) is 10.2 Å². The Hall–Kier alpha value is -3.61. The summed E-state index contributed by atoms with van der Waals surface area (Å²) in [6.07, 6.45) is 1.50. The van der Waals surface area contributed by atoms with E-state index in [0.717, 1.165) is 43.0 Å². The SMILES string of the molecule is COc1ccc(OC)c(NC(=O)C2CCN(c3ccc(-c4ccccc4C)nn3)CC2)c1. The minimum atomic E-state index is -0.0682. The first-order chi connectivity index (χ1) is 15.6. The van der Waals surface area contributed by atoms with E-state index < -0.39 is 0 Å². The standard InChI is InChI=1S/C25H28N4O3/c1-17-6-4-5-7-20(17)21-9-11-24(28-27-21)29-14-12-18(13-15-29)25(30)26-22-16-19(31-2)8-10-23(22)32-3/h4-11,16,18H,12-15H2,1-3H3,(H,26,30). The van der Waals surface area contributed by atoms with Crippen LogP contribution in [0.15, 0.2) is 54.6 Å². The van der Waals surface area contributed by atoms with Crippen LogP contribution in [0.3, 0.4) is 0 Å². The summed E-state index contributed by atoms with van der Waals surface area (Å²) in [5.74, 6) is 2.05. The minimum Gasteiger partial charge on any atom is -0.497 e. The molecule has 1 aliphatic heterocycles. The first-order valence-electron chi connectivity index (χ1n) is 10.8. The highest BCUT2D eigenvalue weighted by Gasteiger charge is 2.26. The Morgan fingerprint density at radius 1 is 1.00 bits per heavy atom. The third-order valence-electron chi connectivity index (χ3n) is 5.93. The van der Waals surface area contributed by atoms with Gasteiger partial charge in [-0.15, -0.1) is 10.2 Å². The largest absolute Gasteiger partial charge is 0.497 e. The van der Waals surface area contributed by atoms with Crippen LogP contribution >= 0.6 is 0 Å². The van der Waals surface area contributed by atoms with Crippen LogP contribution in [0.2, 0.25) is 0 Å². The van der Waals surface area contributed by atoms with Gasteiger partial charge in [0.05, 0.1) is 25.6 Å². The van der Waals surface area contributed by atoms with Crippen molar-refractivity contribution < 1.29 is 14.3 Å². The second kappa shape index (κ2) is 9.68. The van der Waals surface area contributed by atoms with Crippen LogP contribution in [0.5, 0.6) is 11.5 Å². The van der Waals surface area contributed by atoms with E-state index in [2.05, 4.69) is 39.5 Å². The van der Waals surface area contributed by atoms with Crippen molar-refractivity contribution >= 4 is 17.4 Å². The van der Waals surface area contributed by atoms with Crippen molar-refractivity contribution in [2.45, 2.75) is 19.8 Å². The Bertz CT molecular complexity index is 1080. The minimum absolute atomic E-state index is 0.00260. The summed E-state index contributed by atoms with van der Waals surface area (Å²) in [7, 11) is 3.18. The van der Waals surface area contributed by atoms with E-state index in [4.69, 9.17) is 9.47 Å². The number of amides is 1. The van der Waals surface area contributed by atoms with Gasteiger partial charge in [0.2, 0.25) is 5.91 Å². The van der Waals surface area contributed by atoms with Crippen LogP contribution in [-0.4, -0.2) is 43.4 Å². The van der Waals surface area contributed by atoms with Crippen LogP contribution in [0.4, 0.5) is 11.5 Å². The molecule has 3 aromatic rings. The molecule has 0 bridgehead atoms. The monoisotopic (exact) mass is 432 g/mol. The topological polar surface area (TPSA) is 76.6 Å². The number of aromatic nitrogens is 2. The summed E-state index contributed by atoms with van der Waals surface area (Å²) < 4.78 is 10.6. The molecule has 0 saturated carbocycles. The number of aryl methyl sites for hydroxylation is 1. The first-order valence-corrected chi connectivity index (χ1v) is 10.8. The van der Waals surface area contributed by atoms with Crippen molar-refractivity contribution in [3.63, 3.8) is 0 Å². The second-order valence-electron chi connectivity index (χ2n) is 7.91. The molecule has 7 heteroatoms. The fraction of sp³-hybridized carbons (Fsp3) is 0.320. The summed E-state index contributed by atoms with van der Waals surface area (Å²) in [5.41, 5.74) is 3.76. The van der Waals surface area contributed by atoms with Gasteiger partial charge in [0.15, 0.2) is 5.82 Å². The maximum Gasteiger partial charge on any atom is 0.227 e. The van der Waals surface area contributed by atoms with Crippen molar-refractivity contribution in [2.24, 2.45) is 5.92 Å². The number of rotatable bonds is 6.